The average Bonchev–Trinajstić information content (AvgIpc) is 2.73. The summed E-state index contributed by atoms with van der Waals surface area (Å²) in [7, 11) is 3.32. The Morgan fingerprint density at radius 2 is 1.67 bits per heavy atom. The van der Waals surface area contributed by atoms with E-state index in [1.807, 2.05) is 41.3 Å². The molecule has 27 heavy (non-hydrogen) atoms. The van der Waals surface area contributed by atoms with Gasteiger partial charge in [-0.05, 0) is 48.4 Å². The van der Waals surface area contributed by atoms with E-state index < -0.39 is 0 Å². The van der Waals surface area contributed by atoms with Crippen LogP contribution in [0.4, 0.5) is 10.5 Å². The summed E-state index contributed by atoms with van der Waals surface area (Å²) in [6, 6.07) is 15.5. The van der Waals surface area contributed by atoms with Gasteiger partial charge in [-0.1, -0.05) is 12.1 Å². The van der Waals surface area contributed by atoms with Crippen LogP contribution in [0.1, 0.15) is 5.56 Å². The molecule has 2 aromatic rings. The molecule has 144 valence electrons. The monoisotopic (exact) mass is 369 g/mol. The molecule has 1 fully saturated rings. The summed E-state index contributed by atoms with van der Waals surface area (Å²) in [5, 5.41) is 2.95. The molecule has 0 bridgehead atoms. The fourth-order valence-electron chi connectivity index (χ4n) is 3.17. The van der Waals surface area contributed by atoms with Crippen molar-refractivity contribution in [3.63, 3.8) is 0 Å². The Balaban J connectivity index is 1.43. The molecule has 2 aromatic carbocycles. The van der Waals surface area contributed by atoms with Gasteiger partial charge in [0, 0.05) is 38.4 Å². The number of rotatable bonds is 6. The Labute approximate surface area is 160 Å². The summed E-state index contributed by atoms with van der Waals surface area (Å²) in [5.74, 6) is 1.67. The first-order valence-electron chi connectivity index (χ1n) is 9.23. The minimum absolute atomic E-state index is 0.0485. The number of piperazine rings is 1. The molecular weight excluding hydrogens is 342 g/mol. The summed E-state index contributed by atoms with van der Waals surface area (Å²) >= 11 is 0. The van der Waals surface area contributed by atoms with Gasteiger partial charge in [0.1, 0.15) is 11.5 Å². The van der Waals surface area contributed by atoms with Gasteiger partial charge in [0.15, 0.2) is 0 Å². The van der Waals surface area contributed by atoms with E-state index in [-0.39, 0.29) is 6.03 Å². The standard InChI is InChI=1S/C21H27N3O3/c1-26-19-8-6-18(7-9-19)22-21(25)24-14-12-23(13-15-24)11-10-17-4-3-5-20(16-17)27-2/h3-9,16H,10-15H2,1-2H3,(H,22,25). The van der Waals surface area contributed by atoms with Crippen molar-refractivity contribution in [2.45, 2.75) is 6.42 Å². The van der Waals surface area contributed by atoms with Gasteiger partial charge in [-0.15, -0.1) is 0 Å². The number of hydrogen-bond donors (Lipinski definition) is 1. The lowest BCUT2D eigenvalue weighted by atomic mass is 10.1. The van der Waals surface area contributed by atoms with Crippen molar-refractivity contribution in [2.24, 2.45) is 0 Å². The van der Waals surface area contributed by atoms with Crippen LogP contribution in [0.25, 0.3) is 0 Å². The molecule has 1 saturated heterocycles. The summed E-state index contributed by atoms with van der Waals surface area (Å²) < 4.78 is 10.4. The Morgan fingerprint density at radius 3 is 2.33 bits per heavy atom. The normalized spacial score (nSPS) is 14.7. The molecule has 0 aliphatic carbocycles. The van der Waals surface area contributed by atoms with Crippen LogP contribution in [0.2, 0.25) is 0 Å². The highest BCUT2D eigenvalue weighted by Gasteiger charge is 2.21. The van der Waals surface area contributed by atoms with Crippen molar-refractivity contribution in [1.82, 2.24) is 9.80 Å². The van der Waals surface area contributed by atoms with Crippen LogP contribution < -0.4 is 14.8 Å². The molecule has 1 heterocycles. The third-order valence-corrected chi connectivity index (χ3v) is 4.85. The van der Waals surface area contributed by atoms with E-state index in [1.54, 1.807) is 14.2 Å². The molecule has 2 amide bonds. The van der Waals surface area contributed by atoms with E-state index >= 15 is 0 Å². The maximum atomic E-state index is 12.4. The predicted molar refractivity (Wildman–Crippen MR) is 107 cm³/mol. The van der Waals surface area contributed by atoms with Gasteiger partial charge in [0.05, 0.1) is 14.2 Å². The van der Waals surface area contributed by atoms with Crippen LogP contribution in [0.15, 0.2) is 48.5 Å². The quantitative estimate of drug-likeness (QED) is 0.850. The first-order valence-corrected chi connectivity index (χ1v) is 9.23. The summed E-state index contributed by atoms with van der Waals surface area (Å²) in [4.78, 5) is 16.7. The highest BCUT2D eigenvalue weighted by Crippen LogP contribution is 2.16. The SMILES string of the molecule is COc1ccc(NC(=O)N2CCN(CCc3cccc(OC)c3)CC2)cc1. The number of benzene rings is 2. The molecule has 0 atom stereocenters. The molecule has 0 unspecified atom stereocenters. The first kappa shape index (κ1) is 19.0. The number of carbonyl (C=O) groups excluding carboxylic acids is 1. The smallest absolute Gasteiger partial charge is 0.321 e. The molecular formula is C21H27N3O3. The molecule has 0 saturated carbocycles. The number of nitrogens with zero attached hydrogens (tertiary/aromatic N) is 2. The molecule has 3 rings (SSSR count). The van der Waals surface area contributed by atoms with Gasteiger partial charge in [0.25, 0.3) is 0 Å². The van der Waals surface area contributed by atoms with Crippen LogP contribution in [0.3, 0.4) is 0 Å². The highest BCUT2D eigenvalue weighted by molar-refractivity contribution is 5.89. The number of hydrogen-bond acceptors (Lipinski definition) is 4. The van der Waals surface area contributed by atoms with Gasteiger partial charge in [0.2, 0.25) is 0 Å². The van der Waals surface area contributed by atoms with E-state index in [4.69, 9.17) is 9.47 Å². The Hall–Kier alpha value is -2.73. The molecule has 1 aliphatic rings. The molecule has 1 N–H and O–H groups in total. The number of urea groups is 1. The van der Waals surface area contributed by atoms with Crippen molar-refractivity contribution in [3.05, 3.63) is 54.1 Å². The van der Waals surface area contributed by atoms with Crippen molar-refractivity contribution >= 4 is 11.7 Å². The van der Waals surface area contributed by atoms with Crippen LogP contribution in [0.5, 0.6) is 11.5 Å². The van der Waals surface area contributed by atoms with E-state index in [0.29, 0.717) is 0 Å². The fraction of sp³-hybridized carbons (Fsp3) is 0.381. The van der Waals surface area contributed by atoms with Gasteiger partial charge < -0.3 is 19.7 Å². The summed E-state index contributed by atoms with van der Waals surface area (Å²) in [6.45, 7) is 4.24. The van der Waals surface area contributed by atoms with Gasteiger partial charge in [-0.25, -0.2) is 4.79 Å². The number of carbonyl (C=O) groups is 1. The zero-order valence-electron chi connectivity index (χ0n) is 16.0. The zero-order chi connectivity index (χ0) is 19.1. The van der Waals surface area contributed by atoms with Crippen molar-refractivity contribution in [1.29, 1.82) is 0 Å². The van der Waals surface area contributed by atoms with E-state index in [1.165, 1.54) is 5.56 Å². The Kier molecular flexibility index (Phi) is 6.54. The molecule has 0 radical (unpaired) electrons. The second kappa shape index (κ2) is 9.28. The predicted octanol–water partition coefficient (Wildman–Crippen LogP) is 3.10. The van der Waals surface area contributed by atoms with Crippen LogP contribution in [0, 0.1) is 0 Å². The maximum absolute atomic E-state index is 12.4. The molecule has 6 nitrogen and oxygen atoms in total. The average molecular weight is 369 g/mol. The number of nitrogens with one attached hydrogen (secondary N) is 1. The summed E-state index contributed by atoms with van der Waals surface area (Å²) in [5.41, 5.74) is 2.05. The third kappa shape index (κ3) is 5.37. The lowest BCUT2D eigenvalue weighted by Gasteiger charge is -2.34. The van der Waals surface area contributed by atoms with Gasteiger partial charge in [-0.2, -0.15) is 0 Å². The second-order valence-corrected chi connectivity index (χ2v) is 6.59. The minimum atomic E-state index is -0.0485. The number of anilines is 1. The summed E-state index contributed by atoms with van der Waals surface area (Å²) in [6.07, 6.45) is 0.981. The Bertz CT molecular complexity index is 741. The number of ether oxygens (including phenoxy) is 2. The third-order valence-electron chi connectivity index (χ3n) is 4.85. The molecule has 1 aliphatic heterocycles. The van der Waals surface area contributed by atoms with Crippen molar-refractivity contribution in [3.8, 4) is 11.5 Å². The number of amides is 2. The largest absolute Gasteiger partial charge is 0.497 e. The highest BCUT2D eigenvalue weighted by atomic mass is 16.5. The number of methoxy groups -OCH3 is 2. The Morgan fingerprint density at radius 1 is 0.963 bits per heavy atom. The van der Waals surface area contributed by atoms with Crippen molar-refractivity contribution < 1.29 is 14.3 Å². The van der Waals surface area contributed by atoms with E-state index in [9.17, 15) is 4.79 Å². The van der Waals surface area contributed by atoms with Crippen LogP contribution >= 0.6 is 0 Å². The van der Waals surface area contributed by atoms with Crippen LogP contribution in [-0.4, -0.2) is 62.8 Å². The topological polar surface area (TPSA) is 54.0 Å². The maximum Gasteiger partial charge on any atom is 0.321 e. The minimum Gasteiger partial charge on any atom is -0.497 e. The fourth-order valence-corrected chi connectivity index (χ4v) is 3.17. The lowest BCUT2D eigenvalue weighted by Crippen LogP contribution is -2.50. The molecule has 0 spiro atoms. The molecule has 0 aromatic heterocycles. The van der Waals surface area contributed by atoms with Crippen molar-refractivity contribution in [2.75, 3.05) is 52.3 Å². The van der Waals surface area contributed by atoms with Gasteiger partial charge in [-0.3, -0.25) is 4.90 Å². The zero-order valence-corrected chi connectivity index (χ0v) is 16.0. The molecule has 6 heteroatoms. The van der Waals surface area contributed by atoms with Gasteiger partial charge >= 0.3 is 6.03 Å². The lowest BCUT2D eigenvalue weighted by molar-refractivity contribution is 0.148. The van der Waals surface area contributed by atoms with E-state index in [0.717, 1.165) is 56.3 Å². The second-order valence-electron chi connectivity index (χ2n) is 6.59. The first-order chi connectivity index (χ1) is 13.2. The van der Waals surface area contributed by atoms with Crippen LogP contribution in [-0.2, 0) is 6.42 Å². The van der Waals surface area contributed by atoms with E-state index in [2.05, 4.69) is 22.3 Å².